The van der Waals surface area contributed by atoms with Crippen molar-refractivity contribution in [3.63, 3.8) is 0 Å². The summed E-state index contributed by atoms with van der Waals surface area (Å²) in [5, 5.41) is 0.577. The maximum absolute atomic E-state index is 5.61. The summed E-state index contributed by atoms with van der Waals surface area (Å²) in [5.41, 5.74) is 7.85. The standard InChI is InChI=1S/C11H12N2OS/c1-7-3-4-9(14-2)8(5-7)10-6-13-11(12)15-10/h3-6H,1-2H3,(H2,12,13). The van der Waals surface area contributed by atoms with Crippen LogP contribution in [0.2, 0.25) is 0 Å². The first-order valence-electron chi connectivity index (χ1n) is 4.57. The van der Waals surface area contributed by atoms with Crippen LogP contribution in [0.3, 0.4) is 0 Å². The van der Waals surface area contributed by atoms with Gasteiger partial charge in [0.15, 0.2) is 5.13 Å². The van der Waals surface area contributed by atoms with Crippen molar-refractivity contribution in [2.75, 3.05) is 12.8 Å². The Labute approximate surface area is 92.5 Å². The number of anilines is 1. The van der Waals surface area contributed by atoms with E-state index in [1.54, 1.807) is 13.3 Å². The van der Waals surface area contributed by atoms with Crippen LogP contribution in [-0.2, 0) is 0 Å². The number of hydrogen-bond donors (Lipinski definition) is 1. The minimum absolute atomic E-state index is 0.577. The zero-order valence-electron chi connectivity index (χ0n) is 8.65. The molecule has 2 rings (SSSR count). The number of benzene rings is 1. The van der Waals surface area contributed by atoms with E-state index in [2.05, 4.69) is 11.1 Å². The van der Waals surface area contributed by atoms with Crippen molar-refractivity contribution in [2.24, 2.45) is 0 Å². The highest BCUT2D eigenvalue weighted by Gasteiger charge is 2.08. The van der Waals surface area contributed by atoms with Crippen LogP contribution in [0.5, 0.6) is 5.75 Å². The predicted octanol–water partition coefficient (Wildman–Crippen LogP) is 2.71. The number of aryl methyl sites for hydroxylation is 1. The lowest BCUT2D eigenvalue weighted by atomic mass is 10.1. The average molecular weight is 220 g/mol. The Morgan fingerprint density at radius 3 is 2.80 bits per heavy atom. The molecule has 0 saturated heterocycles. The molecule has 78 valence electrons. The second kappa shape index (κ2) is 3.90. The van der Waals surface area contributed by atoms with E-state index in [1.807, 2.05) is 19.1 Å². The van der Waals surface area contributed by atoms with Crippen LogP contribution in [0.15, 0.2) is 24.4 Å². The lowest BCUT2D eigenvalue weighted by molar-refractivity contribution is 0.416. The van der Waals surface area contributed by atoms with Crippen LogP contribution in [0.1, 0.15) is 5.56 Å². The fraction of sp³-hybridized carbons (Fsp3) is 0.182. The van der Waals surface area contributed by atoms with Gasteiger partial charge in [0.2, 0.25) is 0 Å². The van der Waals surface area contributed by atoms with Gasteiger partial charge in [0, 0.05) is 11.8 Å². The third kappa shape index (κ3) is 1.94. The first-order valence-corrected chi connectivity index (χ1v) is 5.38. The monoisotopic (exact) mass is 220 g/mol. The van der Waals surface area contributed by atoms with Crippen LogP contribution in [0.25, 0.3) is 10.4 Å². The van der Waals surface area contributed by atoms with E-state index in [-0.39, 0.29) is 0 Å². The van der Waals surface area contributed by atoms with Gasteiger partial charge in [0.05, 0.1) is 12.0 Å². The van der Waals surface area contributed by atoms with Crippen molar-refractivity contribution in [3.05, 3.63) is 30.0 Å². The van der Waals surface area contributed by atoms with E-state index in [0.717, 1.165) is 16.2 Å². The van der Waals surface area contributed by atoms with Gasteiger partial charge in [-0.25, -0.2) is 4.98 Å². The van der Waals surface area contributed by atoms with Gasteiger partial charge in [-0.3, -0.25) is 0 Å². The van der Waals surface area contributed by atoms with Crippen LogP contribution in [-0.4, -0.2) is 12.1 Å². The fourth-order valence-corrected chi connectivity index (χ4v) is 2.13. The van der Waals surface area contributed by atoms with Crippen molar-refractivity contribution in [1.29, 1.82) is 0 Å². The zero-order chi connectivity index (χ0) is 10.8. The molecule has 15 heavy (non-hydrogen) atoms. The van der Waals surface area contributed by atoms with Crippen molar-refractivity contribution in [2.45, 2.75) is 6.92 Å². The molecule has 0 amide bonds. The van der Waals surface area contributed by atoms with Crippen LogP contribution in [0, 0.1) is 6.92 Å². The van der Waals surface area contributed by atoms with Crippen molar-refractivity contribution >= 4 is 16.5 Å². The van der Waals surface area contributed by atoms with Gasteiger partial charge in [0.25, 0.3) is 0 Å². The fourth-order valence-electron chi connectivity index (χ4n) is 1.43. The van der Waals surface area contributed by atoms with E-state index in [9.17, 15) is 0 Å². The number of nitrogen functional groups attached to an aromatic ring is 1. The lowest BCUT2D eigenvalue weighted by Gasteiger charge is -2.06. The predicted molar refractivity (Wildman–Crippen MR) is 63.3 cm³/mol. The number of ether oxygens (including phenoxy) is 1. The normalized spacial score (nSPS) is 10.3. The molecule has 0 aliphatic carbocycles. The molecule has 0 bridgehead atoms. The Morgan fingerprint density at radius 1 is 1.40 bits per heavy atom. The van der Waals surface area contributed by atoms with Gasteiger partial charge in [-0.15, -0.1) is 0 Å². The van der Waals surface area contributed by atoms with E-state index in [0.29, 0.717) is 5.13 Å². The van der Waals surface area contributed by atoms with E-state index in [4.69, 9.17) is 10.5 Å². The highest BCUT2D eigenvalue weighted by molar-refractivity contribution is 7.18. The first-order chi connectivity index (χ1) is 7.20. The molecule has 0 spiro atoms. The minimum atomic E-state index is 0.577. The van der Waals surface area contributed by atoms with Gasteiger partial charge < -0.3 is 10.5 Å². The second-order valence-corrected chi connectivity index (χ2v) is 4.33. The van der Waals surface area contributed by atoms with Crippen LogP contribution < -0.4 is 10.5 Å². The molecule has 2 aromatic rings. The van der Waals surface area contributed by atoms with Gasteiger partial charge >= 0.3 is 0 Å². The molecule has 0 aliphatic heterocycles. The third-order valence-corrected chi connectivity index (χ3v) is 3.00. The molecule has 1 aromatic carbocycles. The number of thiazole rings is 1. The minimum Gasteiger partial charge on any atom is -0.496 e. The summed E-state index contributed by atoms with van der Waals surface area (Å²) in [7, 11) is 1.67. The molecular weight excluding hydrogens is 208 g/mol. The topological polar surface area (TPSA) is 48.1 Å². The maximum Gasteiger partial charge on any atom is 0.180 e. The number of nitrogens with two attached hydrogens (primary N) is 1. The molecule has 1 aromatic heterocycles. The Bertz CT molecular complexity index is 479. The van der Waals surface area contributed by atoms with E-state index < -0.39 is 0 Å². The smallest absolute Gasteiger partial charge is 0.180 e. The van der Waals surface area contributed by atoms with Crippen molar-refractivity contribution in [3.8, 4) is 16.2 Å². The maximum atomic E-state index is 5.61. The molecule has 0 unspecified atom stereocenters. The quantitative estimate of drug-likeness (QED) is 0.846. The SMILES string of the molecule is COc1ccc(C)cc1-c1cnc(N)s1. The molecule has 0 saturated carbocycles. The first kappa shape index (κ1) is 9.98. The summed E-state index contributed by atoms with van der Waals surface area (Å²) in [4.78, 5) is 5.07. The molecule has 1 heterocycles. The molecule has 0 aliphatic rings. The molecular formula is C11H12N2OS. The number of aromatic nitrogens is 1. The van der Waals surface area contributed by atoms with Gasteiger partial charge in [-0.2, -0.15) is 0 Å². The Hall–Kier alpha value is -1.55. The van der Waals surface area contributed by atoms with Gasteiger partial charge in [0.1, 0.15) is 5.75 Å². The van der Waals surface area contributed by atoms with E-state index in [1.165, 1.54) is 16.9 Å². The van der Waals surface area contributed by atoms with E-state index >= 15 is 0 Å². The molecule has 0 fully saturated rings. The zero-order valence-corrected chi connectivity index (χ0v) is 9.47. The van der Waals surface area contributed by atoms with Gasteiger partial charge in [-0.1, -0.05) is 23.0 Å². The molecule has 0 atom stereocenters. The summed E-state index contributed by atoms with van der Waals surface area (Å²) >= 11 is 1.47. The summed E-state index contributed by atoms with van der Waals surface area (Å²) in [6.07, 6.45) is 1.78. The number of nitrogens with zero attached hydrogens (tertiary/aromatic N) is 1. The molecule has 3 nitrogen and oxygen atoms in total. The van der Waals surface area contributed by atoms with Crippen LogP contribution in [0.4, 0.5) is 5.13 Å². The van der Waals surface area contributed by atoms with Crippen molar-refractivity contribution in [1.82, 2.24) is 4.98 Å². The largest absolute Gasteiger partial charge is 0.496 e. The molecule has 4 heteroatoms. The highest BCUT2D eigenvalue weighted by atomic mass is 32.1. The Morgan fingerprint density at radius 2 is 2.20 bits per heavy atom. The summed E-state index contributed by atoms with van der Waals surface area (Å²) < 4.78 is 5.30. The van der Waals surface area contributed by atoms with Crippen LogP contribution >= 0.6 is 11.3 Å². The van der Waals surface area contributed by atoms with Crippen molar-refractivity contribution < 1.29 is 4.74 Å². The summed E-state index contributed by atoms with van der Waals surface area (Å²) in [6.45, 7) is 2.05. The highest BCUT2D eigenvalue weighted by Crippen LogP contribution is 2.35. The second-order valence-electron chi connectivity index (χ2n) is 3.27. The molecule has 2 N–H and O–H groups in total. The summed E-state index contributed by atoms with van der Waals surface area (Å²) in [5.74, 6) is 0.851. The molecule has 0 radical (unpaired) electrons. The lowest BCUT2D eigenvalue weighted by Crippen LogP contribution is -1.87. The number of methoxy groups -OCH3 is 1. The Balaban J connectivity index is 2.55. The number of hydrogen-bond acceptors (Lipinski definition) is 4. The van der Waals surface area contributed by atoms with Gasteiger partial charge in [-0.05, 0) is 19.1 Å². The summed E-state index contributed by atoms with van der Waals surface area (Å²) in [6, 6.07) is 6.05. The Kier molecular flexibility index (Phi) is 2.60. The average Bonchev–Trinajstić information content (AvgIpc) is 2.65. The third-order valence-electron chi connectivity index (χ3n) is 2.14. The number of rotatable bonds is 2.